The summed E-state index contributed by atoms with van der Waals surface area (Å²) in [4.78, 5) is 2.60. The van der Waals surface area contributed by atoms with Gasteiger partial charge >= 0.3 is 0 Å². The Balaban J connectivity index is 1.76. The molecule has 0 unspecified atom stereocenters. The van der Waals surface area contributed by atoms with Gasteiger partial charge < -0.3 is 5.32 Å². The number of hydrogen-bond donors (Lipinski definition) is 1. The van der Waals surface area contributed by atoms with E-state index in [9.17, 15) is 0 Å². The van der Waals surface area contributed by atoms with E-state index in [0.717, 1.165) is 13.1 Å². The van der Waals surface area contributed by atoms with Crippen molar-refractivity contribution in [3.05, 3.63) is 29.3 Å². The molecule has 2 nitrogen and oxygen atoms in total. The SMILES string of the molecule is c1cc2c(c(CN3CCCCC3)c1)NCC2. The van der Waals surface area contributed by atoms with Gasteiger partial charge in [0.05, 0.1) is 0 Å². The summed E-state index contributed by atoms with van der Waals surface area (Å²) >= 11 is 0. The van der Waals surface area contributed by atoms with Gasteiger partial charge in [-0.25, -0.2) is 0 Å². The molecular formula is C14H20N2. The number of nitrogens with zero attached hydrogens (tertiary/aromatic N) is 1. The summed E-state index contributed by atoms with van der Waals surface area (Å²) in [5.41, 5.74) is 4.43. The van der Waals surface area contributed by atoms with Gasteiger partial charge in [-0.1, -0.05) is 24.6 Å². The third-order valence-corrected chi connectivity index (χ3v) is 3.78. The maximum Gasteiger partial charge on any atom is 0.0419 e. The molecule has 0 radical (unpaired) electrons. The third kappa shape index (κ3) is 1.94. The van der Waals surface area contributed by atoms with E-state index in [0.29, 0.717) is 0 Å². The van der Waals surface area contributed by atoms with Crippen LogP contribution in [0.2, 0.25) is 0 Å². The molecule has 1 saturated heterocycles. The van der Waals surface area contributed by atoms with Gasteiger partial charge in [-0.3, -0.25) is 4.90 Å². The molecule has 0 bridgehead atoms. The molecule has 2 heterocycles. The normalized spacial score (nSPS) is 20.5. The summed E-state index contributed by atoms with van der Waals surface area (Å²) in [6, 6.07) is 6.76. The number of rotatable bonds is 2. The van der Waals surface area contributed by atoms with Crippen molar-refractivity contribution in [2.75, 3.05) is 25.0 Å². The molecule has 1 aromatic rings. The van der Waals surface area contributed by atoms with E-state index in [-0.39, 0.29) is 0 Å². The van der Waals surface area contributed by atoms with Crippen LogP contribution in [-0.4, -0.2) is 24.5 Å². The molecule has 0 aromatic heterocycles. The van der Waals surface area contributed by atoms with E-state index >= 15 is 0 Å². The molecule has 1 N–H and O–H groups in total. The molecule has 0 spiro atoms. The number of para-hydroxylation sites is 1. The Morgan fingerprint density at radius 2 is 2.00 bits per heavy atom. The standard InChI is InChI=1S/C14H20N2/c1-2-9-16(10-3-1)11-13-6-4-5-12-7-8-15-14(12)13/h4-6,15H,1-3,7-11H2. The quantitative estimate of drug-likeness (QED) is 0.817. The van der Waals surface area contributed by atoms with Crippen molar-refractivity contribution in [2.24, 2.45) is 0 Å². The topological polar surface area (TPSA) is 15.3 Å². The van der Waals surface area contributed by atoms with Crippen LogP contribution in [-0.2, 0) is 13.0 Å². The lowest BCUT2D eigenvalue weighted by molar-refractivity contribution is 0.221. The molecule has 0 saturated carbocycles. The average molecular weight is 216 g/mol. The fraction of sp³-hybridized carbons (Fsp3) is 0.571. The van der Waals surface area contributed by atoms with Crippen molar-refractivity contribution >= 4 is 5.69 Å². The molecule has 1 aromatic carbocycles. The zero-order valence-corrected chi connectivity index (χ0v) is 9.84. The fourth-order valence-electron chi connectivity index (χ4n) is 2.90. The Bertz CT molecular complexity index is 367. The molecule has 0 amide bonds. The number of hydrogen-bond acceptors (Lipinski definition) is 2. The number of fused-ring (bicyclic) bond motifs is 1. The van der Waals surface area contributed by atoms with Gasteiger partial charge in [0.15, 0.2) is 0 Å². The molecule has 2 aliphatic heterocycles. The van der Waals surface area contributed by atoms with Gasteiger partial charge in [-0.2, -0.15) is 0 Å². The smallest absolute Gasteiger partial charge is 0.0419 e. The largest absolute Gasteiger partial charge is 0.384 e. The molecule has 86 valence electrons. The van der Waals surface area contributed by atoms with E-state index < -0.39 is 0 Å². The number of likely N-dealkylation sites (tertiary alicyclic amines) is 1. The van der Waals surface area contributed by atoms with E-state index in [1.165, 1.54) is 55.6 Å². The van der Waals surface area contributed by atoms with Gasteiger partial charge in [0.25, 0.3) is 0 Å². The van der Waals surface area contributed by atoms with Crippen LogP contribution in [0.1, 0.15) is 30.4 Å². The lowest BCUT2D eigenvalue weighted by Crippen LogP contribution is -2.29. The van der Waals surface area contributed by atoms with Crippen LogP contribution in [0.15, 0.2) is 18.2 Å². The Kier molecular flexibility index (Phi) is 2.83. The zero-order chi connectivity index (χ0) is 10.8. The second kappa shape index (κ2) is 4.46. The minimum Gasteiger partial charge on any atom is -0.384 e. The molecule has 3 rings (SSSR count). The van der Waals surface area contributed by atoms with Crippen LogP contribution in [0.3, 0.4) is 0 Å². The zero-order valence-electron chi connectivity index (χ0n) is 9.84. The van der Waals surface area contributed by atoms with Crippen LogP contribution in [0.25, 0.3) is 0 Å². The number of benzene rings is 1. The van der Waals surface area contributed by atoms with Crippen LogP contribution in [0.4, 0.5) is 5.69 Å². The van der Waals surface area contributed by atoms with Crippen LogP contribution >= 0.6 is 0 Å². The summed E-state index contributed by atoms with van der Waals surface area (Å²) in [6.45, 7) is 4.82. The van der Waals surface area contributed by atoms with Gasteiger partial charge in [0, 0.05) is 18.8 Å². The highest BCUT2D eigenvalue weighted by Gasteiger charge is 2.16. The highest BCUT2D eigenvalue weighted by Crippen LogP contribution is 2.27. The van der Waals surface area contributed by atoms with Crippen LogP contribution < -0.4 is 5.32 Å². The van der Waals surface area contributed by atoms with E-state index in [1.807, 2.05) is 0 Å². The Morgan fingerprint density at radius 1 is 1.12 bits per heavy atom. The van der Waals surface area contributed by atoms with E-state index in [2.05, 4.69) is 28.4 Å². The molecular weight excluding hydrogens is 196 g/mol. The molecule has 2 heteroatoms. The third-order valence-electron chi connectivity index (χ3n) is 3.78. The first-order valence-corrected chi connectivity index (χ1v) is 6.50. The van der Waals surface area contributed by atoms with Crippen molar-refractivity contribution in [1.29, 1.82) is 0 Å². The maximum absolute atomic E-state index is 3.53. The Hall–Kier alpha value is -1.02. The molecule has 0 aliphatic carbocycles. The predicted molar refractivity (Wildman–Crippen MR) is 67.8 cm³/mol. The van der Waals surface area contributed by atoms with Gasteiger partial charge in [0.1, 0.15) is 0 Å². The summed E-state index contributed by atoms with van der Waals surface area (Å²) in [7, 11) is 0. The van der Waals surface area contributed by atoms with Crippen LogP contribution in [0, 0.1) is 0 Å². The Labute approximate surface area is 97.6 Å². The fourth-order valence-corrected chi connectivity index (χ4v) is 2.90. The van der Waals surface area contributed by atoms with Crippen molar-refractivity contribution in [1.82, 2.24) is 4.90 Å². The lowest BCUT2D eigenvalue weighted by Gasteiger charge is -2.27. The van der Waals surface area contributed by atoms with Crippen LogP contribution in [0.5, 0.6) is 0 Å². The number of piperidine rings is 1. The maximum atomic E-state index is 3.53. The Morgan fingerprint density at radius 3 is 2.88 bits per heavy atom. The van der Waals surface area contributed by atoms with E-state index in [4.69, 9.17) is 0 Å². The van der Waals surface area contributed by atoms with Crippen molar-refractivity contribution in [3.63, 3.8) is 0 Å². The van der Waals surface area contributed by atoms with Crippen molar-refractivity contribution in [3.8, 4) is 0 Å². The molecule has 16 heavy (non-hydrogen) atoms. The molecule has 1 fully saturated rings. The van der Waals surface area contributed by atoms with Crippen molar-refractivity contribution < 1.29 is 0 Å². The van der Waals surface area contributed by atoms with Gasteiger partial charge in [0.2, 0.25) is 0 Å². The minimum absolute atomic E-state index is 1.12. The van der Waals surface area contributed by atoms with Gasteiger partial charge in [-0.15, -0.1) is 0 Å². The number of anilines is 1. The molecule has 0 atom stereocenters. The van der Waals surface area contributed by atoms with Gasteiger partial charge in [-0.05, 0) is 43.5 Å². The first kappa shape index (κ1) is 10.2. The van der Waals surface area contributed by atoms with Crippen molar-refractivity contribution in [2.45, 2.75) is 32.2 Å². The summed E-state index contributed by atoms with van der Waals surface area (Å²) in [5, 5.41) is 3.53. The monoisotopic (exact) mass is 216 g/mol. The second-order valence-electron chi connectivity index (χ2n) is 4.96. The second-order valence-corrected chi connectivity index (χ2v) is 4.96. The predicted octanol–water partition coefficient (Wildman–Crippen LogP) is 2.64. The first-order chi connectivity index (χ1) is 7.93. The summed E-state index contributed by atoms with van der Waals surface area (Å²) in [5.74, 6) is 0. The average Bonchev–Trinajstić information content (AvgIpc) is 2.80. The first-order valence-electron chi connectivity index (χ1n) is 6.50. The summed E-state index contributed by atoms with van der Waals surface area (Å²) < 4.78 is 0. The number of nitrogens with one attached hydrogen (secondary N) is 1. The molecule has 2 aliphatic rings. The highest BCUT2D eigenvalue weighted by atomic mass is 15.1. The highest BCUT2D eigenvalue weighted by molar-refractivity contribution is 5.61. The van der Waals surface area contributed by atoms with E-state index in [1.54, 1.807) is 0 Å². The summed E-state index contributed by atoms with van der Waals surface area (Å²) in [6.07, 6.45) is 5.37. The lowest BCUT2D eigenvalue weighted by atomic mass is 10.1. The minimum atomic E-state index is 1.12.